The van der Waals surface area contributed by atoms with Gasteiger partial charge in [-0.1, -0.05) is 17.7 Å². The molecule has 2 heterocycles. The van der Waals surface area contributed by atoms with Crippen LogP contribution in [0.5, 0.6) is 5.75 Å². The molecule has 0 fully saturated rings. The van der Waals surface area contributed by atoms with E-state index in [9.17, 15) is 14.4 Å². The summed E-state index contributed by atoms with van der Waals surface area (Å²) in [6.07, 6.45) is 1.34. The van der Waals surface area contributed by atoms with Gasteiger partial charge in [0.25, 0.3) is 11.5 Å². The molecule has 0 saturated carbocycles. The zero-order valence-electron chi connectivity index (χ0n) is 15.4. The van der Waals surface area contributed by atoms with Gasteiger partial charge in [-0.15, -0.1) is 0 Å². The maximum Gasteiger partial charge on any atom is 0.332 e. The van der Waals surface area contributed by atoms with Crippen molar-refractivity contribution in [3.05, 3.63) is 68.5 Å². The van der Waals surface area contributed by atoms with Gasteiger partial charge in [0.2, 0.25) is 0 Å². The van der Waals surface area contributed by atoms with E-state index in [1.165, 1.54) is 30.9 Å². The molecule has 3 rings (SSSR count). The van der Waals surface area contributed by atoms with Crippen LogP contribution in [0.3, 0.4) is 0 Å². The zero-order chi connectivity index (χ0) is 19.6. The SMILES string of the molecule is Cc1ccc(OCCNC(=O)c2cnc3c(c2)c(=O)n(C)c(=O)n3C)cc1. The molecule has 1 N–H and O–H groups in total. The van der Waals surface area contributed by atoms with E-state index in [1.807, 2.05) is 31.2 Å². The van der Waals surface area contributed by atoms with Crippen LogP contribution < -0.4 is 21.3 Å². The van der Waals surface area contributed by atoms with Crippen LogP contribution in [0.15, 0.2) is 46.1 Å². The van der Waals surface area contributed by atoms with Crippen LogP contribution in [0, 0.1) is 6.92 Å². The first-order valence-electron chi connectivity index (χ1n) is 8.42. The molecule has 0 aliphatic carbocycles. The van der Waals surface area contributed by atoms with E-state index >= 15 is 0 Å². The quantitative estimate of drug-likeness (QED) is 0.671. The van der Waals surface area contributed by atoms with Crippen molar-refractivity contribution in [2.75, 3.05) is 13.2 Å². The fourth-order valence-electron chi connectivity index (χ4n) is 2.66. The predicted octanol–water partition coefficient (Wildman–Crippen LogP) is 0.749. The molecule has 0 bridgehead atoms. The summed E-state index contributed by atoms with van der Waals surface area (Å²) in [5, 5.41) is 2.94. The fraction of sp³-hybridized carbons (Fsp3) is 0.263. The Kier molecular flexibility index (Phi) is 5.07. The van der Waals surface area contributed by atoms with Gasteiger partial charge < -0.3 is 10.1 Å². The number of carbonyl (C=O) groups excluding carboxylic acids is 1. The normalized spacial score (nSPS) is 10.8. The lowest BCUT2D eigenvalue weighted by molar-refractivity contribution is 0.0947. The molecule has 0 radical (unpaired) electrons. The van der Waals surface area contributed by atoms with Crippen LogP contribution in [0.4, 0.5) is 0 Å². The highest BCUT2D eigenvalue weighted by Crippen LogP contribution is 2.11. The van der Waals surface area contributed by atoms with Gasteiger partial charge in [0.05, 0.1) is 17.5 Å². The smallest absolute Gasteiger partial charge is 0.332 e. The highest BCUT2D eigenvalue weighted by molar-refractivity contribution is 5.96. The number of rotatable bonds is 5. The molecule has 1 aromatic carbocycles. The third-order valence-electron chi connectivity index (χ3n) is 4.23. The molecule has 1 amide bonds. The summed E-state index contributed by atoms with van der Waals surface area (Å²) in [6, 6.07) is 9.07. The second-order valence-corrected chi connectivity index (χ2v) is 6.22. The Bertz CT molecular complexity index is 1110. The first-order chi connectivity index (χ1) is 12.9. The summed E-state index contributed by atoms with van der Waals surface area (Å²) in [4.78, 5) is 40.6. The molecule has 0 spiro atoms. The van der Waals surface area contributed by atoms with Gasteiger partial charge in [-0.2, -0.15) is 0 Å². The number of aromatic nitrogens is 3. The number of nitrogens with zero attached hydrogens (tertiary/aromatic N) is 3. The van der Waals surface area contributed by atoms with Crippen molar-refractivity contribution in [1.29, 1.82) is 0 Å². The second kappa shape index (κ2) is 7.45. The first-order valence-corrected chi connectivity index (χ1v) is 8.42. The van der Waals surface area contributed by atoms with Crippen molar-refractivity contribution < 1.29 is 9.53 Å². The average Bonchev–Trinajstić information content (AvgIpc) is 2.68. The number of amides is 1. The molecule has 2 aromatic heterocycles. The zero-order valence-corrected chi connectivity index (χ0v) is 15.4. The summed E-state index contributed by atoms with van der Waals surface area (Å²) in [5.41, 5.74) is 0.669. The summed E-state index contributed by atoms with van der Waals surface area (Å²) in [7, 11) is 2.92. The minimum Gasteiger partial charge on any atom is -0.492 e. The van der Waals surface area contributed by atoms with Crippen molar-refractivity contribution in [2.24, 2.45) is 14.1 Å². The van der Waals surface area contributed by atoms with Crippen LogP contribution >= 0.6 is 0 Å². The highest BCUT2D eigenvalue weighted by Gasteiger charge is 2.13. The van der Waals surface area contributed by atoms with Gasteiger partial charge in [0.1, 0.15) is 18.0 Å². The van der Waals surface area contributed by atoms with Crippen molar-refractivity contribution >= 4 is 16.9 Å². The van der Waals surface area contributed by atoms with Crippen LogP contribution in [0.1, 0.15) is 15.9 Å². The first kappa shape index (κ1) is 18.4. The van der Waals surface area contributed by atoms with Crippen molar-refractivity contribution in [1.82, 2.24) is 19.4 Å². The predicted molar refractivity (Wildman–Crippen MR) is 101 cm³/mol. The van der Waals surface area contributed by atoms with Crippen LogP contribution in [-0.2, 0) is 14.1 Å². The third-order valence-corrected chi connectivity index (χ3v) is 4.23. The van der Waals surface area contributed by atoms with E-state index in [-0.39, 0.29) is 22.5 Å². The van der Waals surface area contributed by atoms with Gasteiger partial charge in [-0.3, -0.25) is 18.7 Å². The van der Waals surface area contributed by atoms with Crippen molar-refractivity contribution in [3.63, 3.8) is 0 Å². The van der Waals surface area contributed by atoms with Crippen LogP contribution in [0.25, 0.3) is 11.0 Å². The minimum atomic E-state index is -0.488. The van der Waals surface area contributed by atoms with Gasteiger partial charge in [-0.25, -0.2) is 9.78 Å². The molecule has 27 heavy (non-hydrogen) atoms. The largest absolute Gasteiger partial charge is 0.492 e. The lowest BCUT2D eigenvalue weighted by Crippen LogP contribution is -2.37. The number of nitrogens with one attached hydrogen (secondary N) is 1. The number of pyridine rings is 1. The number of fused-ring (bicyclic) bond motifs is 1. The number of hydrogen-bond donors (Lipinski definition) is 1. The molecule has 140 valence electrons. The van der Waals surface area contributed by atoms with Gasteiger partial charge >= 0.3 is 5.69 Å². The highest BCUT2D eigenvalue weighted by atomic mass is 16.5. The van der Waals surface area contributed by atoms with E-state index < -0.39 is 11.2 Å². The monoisotopic (exact) mass is 368 g/mol. The van der Waals surface area contributed by atoms with E-state index in [2.05, 4.69) is 10.3 Å². The van der Waals surface area contributed by atoms with Crippen molar-refractivity contribution in [2.45, 2.75) is 6.92 Å². The maximum absolute atomic E-state index is 12.3. The Morgan fingerprint density at radius 2 is 1.85 bits per heavy atom. The maximum atomic E-state index is 12.3. The Morgan fingerprint density at radius 1 is 1.15 bits per heavy atom. The molecule has 0 atom stereocenters. The molecule has 0 aliphatic rings. The Morgan fingerprint density at radius 3 is 2.56 bits per heavy atom. The molecule has 8 nitrogen and oxygen atoms in total. The minimum absolute atomic E-state index is 0.211. The Hall–Kier alpha value is -3.42. The summed E-state index contributed by atoms with van der Waals surface area (Å²) in [5.74, 6) is 0.361. The molecular weight excluding hydrogens is 348 g/mol. The van der Waals surface area contributed by atoms with Gasteiger partial charge in [0, 0.05) is 20.3 Å². The van der Waals surface area contributed by atoms with Gasteiger partial charge in [0.15, 0.2) is 0 Å². The summed E-state index contributed by atoms with van der Waals surface area (Å²) < 4.78 is 7.82. The lowest BCUT2D eigenvalue weighted by atomic mass is 10.2. The Labute approximate surface area is 155 Å². The third kappa shape index (κ3) is 3.74. The molecule has 0 saturated heterocycles. The summed E-state index contributed by atoms with van der Waals surface area (Å²) in [6.45, 7) is 2.61. The van der Waals surface area contributed by atoms with E-state index in [0.29, 0.717) is 13.2 Å². The molecule has 8 heteroatoms. The van der Waals surface area contributed by atoms with Crippen LogP contribution in [-0.4, -0.2) is 33.2 Å². The molecule has 0 aliphatic heterocycles. The standard InChI is InChI=1S/C19H20N4O4/c1-12-4-6-14(7-5-12)27-9-8-20-17(24)13-10-15-16(21-11-13)22(2)19(26)23(3)18(15)25/h4-7,10-11H,8-9H2,1-3H3,(H,20,24). The van der Waals surface area contributed by atoms with Gasteiger partial charge in [-0.05, 0) is 25.1 Å². The topological polar surface area (TPSA) is 95.2 Å². The van der Waals surface area contributed by atoms with E-state index in [1.54, 1.807) is 0 Å². The molecule has 3 aromatic rings. The number of carbonyl (C=O) groups is 1. The second-order valence-electron chi connectivity index (χ2n) is 6.22. The van der Waals surface area contributed by atoms with Crippen LogP contribution in [0.2, 0.25) is 0 Å². The number of hydrogen-bond acceptors (Lipinski definition) is 5. The fourth-order valence-corrected chi connectivity index (χ4v) is 2.66. The number of benzene rings is 1. The molecular formula is C19H20N4O4. The van der Waals surface area contributed by atoms with E-state index in [4.69, 9.17) is 4.74 Å². The lowest BCUT2D eigenvalue weighted by Gasteiger charge is -2.09. The van der Waals surface area contributed by atoms with Crippen molar-refractivity contribution in [3.8, 4) is 5.75 Å². The molecule has 0 unspecified atom stereocenters. The van der Waals surface area contributed by atoms with E-state index in [0.717, 1.165) is 15.9 Å². The average molecular weight is 368 g/mol. The Balaban J connectivity index is 1.69. The number of aryl methyl sites for hydroxylation is 2. The summed E-state index contributed by atoms with van der Waals surface area (Å²) >= 11 is 0. The number of ether oxygens (including phenoxy) is 1.